The Kier molecular flexibility index (Phi) is 2.79. The van der Waals surface area contributed by atoms with Gasteiger partial charge in [0.2, 0.25) is 0 Å². The monoisotopic (exact) mass is 160 g/mol. The lowest BCUT2D eigenvalue weighted by Gasteiger charge is -1.88. The molecule has 1 N–H and O–H groups in total. The Morgan fingerprint density at radius 3 is 2.83 bits per heavy atom. The molecule has 60 valence electrons. The molecule has 2 aromatic heterocycles. The lowest BCUT2D eigenvalue weighted by molar-refractivity contribution is 1.27. The first-order valence-electron chi connectivity index (χ1n) is 3.78. The summed E-state index contributed by atoms with van der Waals surface area (Å²) in [6.07, 6.45) is 3.16. The van der Waals surface area contributed by atoms with Gasteiger partial charge in [-0.25, -0.2) is 9.97 Å². The Balaban J connectivity index is 0.000000336. The first-order valence-corrected chi connectivity index (χ1v) is 3.78. The van der Waals surface area contributed by atoms with Crippen molar-refractivity contribution >= 4 is 24.7 Å². The fraction of sp³-hybridized carbons (Fsp3) is 0.286. The van der Waals surface area contributed by atoms with Crippen LogP contribution in [0.2, 0.25) is 0 Å². The van der Waals surface area contributed by atoms with E-state index in [4.69, 9.17) is 7.85 Å². The first kappa shape index (κ1) is 8.71. The minimum absolute atomic E-state index is 0.250. The number of rotatable bonds is 0. The molecule has 0 aromatic carbocycles. The zero-order chi connectivity index (χ0) is 8.97. The molecule has 2 radical (unpaired) electrons. The maximum absolute atomic E-state index is 5.31. The summed E-state index contributed by atoms with van der Waals surface area (Å²) < 4.78 is 0. The van der Waals surface area contributed by atoms with Gasteiger partial charge in [-0.2, -0.15) is 0 Å². The van der Waals surface area contributed by atoms with Gasteiger partial charge >= 0.3 is 0 Å². The molecule has 2 aromatic rings. The van der Waals surface area contributed by atoms with Crippen LogP contribution < -0.4 is 5.72 Å². The van der Waals surface area contributed by atoms with Crippen molar-refractivity contribution in [2.24, 2.45) is 0 Å². The minimum Gasteiger partial charge on any atom is -0.342 e. The Morgan fingerprint density at radius 1 is 1.33 bits per heavy atom. The van der Waals surface area contributed by atoms with Crippen LogP contribution in [0.5, 0.6) is 0 Å². The molecule has 0 unspecified atom stereocenters. The van der Waals surface area contributed by atoms with E-state index in [2.05, 4.69) is 19.9 Å². The van der Waals surface area contributed by atoms with Crippen LogP contribution in [0, 0.1) is 0 Å². The van der Waals surface area contributed by atoms with Crippen molar-refractivity contribution in [2.75, 3.05) is 0 Å². The van der Waals surface area contributed by atoms with Gasteiger partial charge in [0.15, 0.2) is 13.5 Å². The van der Waals surface area contributed by atoms with Crippen molar-refractivity contribution in [1.29, 1.82) is 0 Å². The van der Waals surface area contributed by atoms with Crippen LogP contribution >= 0.6 is 0 Å². The third-order valence-corrected chi connectivity index (χ3v) is 1.19. The van der Waals surface area contributed by atoms with Gasteiger partial charge in [0.05, 0.1) is 18.2 Å². The van der Waals surface area contributed by atoms with Gasteiger partial charge in [0.1, 0.15) is 5.52 Å². The molecule has 12 heavy (non-hydrogen) atoms. The standard InChI is InChI=1S/C5H3BN4.C2H6/c6-5-7-1-3-4(10-5)9-2-8-3;1-2/h1-2H,(H,7,8,9,10);1-2H3. The summed E-state index contributed by atoms with van der Waals surface area (Å²) in [5, 5.41) is 0. The van der Waals surface area contributed by atoms with Crippen LogP contribution in [0.25, 0.3) is 11.2 Å². The fourth-order valence-corrected chi connectivity index (χ4v) is 0.749. The molecule has 0 aliphatic rings. The average molecular weight is 160 g/mol. The summed E-state index contributed by atoms with van der Waals surface area (Å²) >= 11 is 0. The Labute approximate surface area is 71.9 Å². The predicted molar refractivity (Wildman–Crippen MR) is 48.4 cm³/mol. The molecule has 0 aliphatic carbocycles. The highest BCUT2D eigenvalue weighted by Gasteiger charge is 1.95. The number of aromatic amines is 1. The molecule has 4 nitrogen and oxygen atoms in total. The lowest BCUT2D eigenvalue weighted by atomic mass is 10.1. The number of aromatic nitrogens is 4. The molecule has 0 spiro atoms. The maximum atomic E-state index is 5.31. The van der Waals surface area contributed by atoms with Crippen molar-refractivity contribution in [3.05, 3.63) is 12.5 Å². The number of hydrogen-bond donors (Lipinski definition) is 1. The van der Waals surface area contributed by atoms with E-state index < -0.39 is 0 Å². The summed E-state index contributed by atoms with van der Waals surface area (Å²) in [4.78, 5) is 14.4. The van der Waals surface area contributed by atoms with Crippen LogP contribution in [0.4, 0.5) is 0 Å². The summed E-state index contributed by atoms with van der Waals surface area (Å²) in [7, 11) is 5.31. The SMILES string of the molecule is CC.[B]c1ncc2[nH]cnc2n1. The molecule has 0 amide bonds. The molecule has 0 fully saturated rings. The van der Waals surface area contributed by atoms with Gasteiger partial charge in [-0.3, -0.25) is 4.98 Å². The fourth-order valence-electron chi connectivity index (χ4n) is 0.749. The van der Waals surface area contributed by atoms with E-state index in [1.165, 1.54) is 0 Å². The average Bonchev–Trinajstić information content (AvgIpc) is 2.54. The zero-order valence-corrected chi connectivity index (χ0v) is 7.07. The number of hydrogen-bond acceptors (Lipinski definition) is 3. The third-order valence-electron chi connectivity index (χ3n) is 1.19. The van der Waals surface area contributed by atoms with Crippen molar-refractivity contribution in [3.63, 3.8) is 0 Å². The summed E-state index contributed by atoms with van der Waals surface area (Å²) in [5.74, 6) is 0. The molecule has 0 aliphatic heterocycles. The van der Waals surface area contributed by atoms with Gasteiger partial charge in [-0.1, -0.05) is 13.8 Å². The van der Waals surface area contributed by atoms with Gasteiger partial charge < -0.3 is 4.98 Å². The smallest absolute Gasteiger partial charge is 0.179 e. The van der Waals surface area contributed by atoms with Crippen LogP contribution in [0.15, 0.2) is 12.5 Å². The highest BCUT2D eigenvalue weighted by atomic mass is 15.0. The molecule has 0 atom stereocenters. The molecule has 2 heterocycles. The Morgan fingerprint density at radius 2 is 2.08 bits per heavy atom. The Bertz CT molecular complexity index is 357. The van der Waals surface area contributed by atoms with Crippen molar-refractivity contribution in [3.8, 4) is 0 Å². The second kappa shape index (κ2) is 3.85. The predicted octanol–water partition coefficient (Wildman–Crippen LogP) is 0.173. The zero-order valence-electron chi connectivity index (χ0n) is 7.07. The van der Waals surface area contributed by atoms with Gasteiger partial charge in [-0.05, 0) is 0 Å². The van der Waals surface area contributed by atoms with Crippen molar-refractivity contribution < 1.29 is 0 Å². The van der Waals surface area contributed by atoms with Gasteiger partial charge in [-0.15, -0.1) is 0 Å². The second-order valence-corrected chi connectivity index (χ2v) is 1.87. The molecule has 0 saturated heterocycles. The van der Waals surface area contributed by atoms with E-state index in [1.807, 2.05) is 13.8 Å². The second-order valence-electron chi connectivity index (χ2n) is 1.87. The molecular formula is C7H9BN4. The van der Waals surface area contributed by atoms with Gasteiger partial charge in [0, 0.05) is 0 Å². The minimum atomic E-state index is 0.250. The van der Waals surface area contributed by atoms with E-state index in [0.717, 1.165) is 5.52 Å². The summed E-state index contributed by atoms with van der Waals surface area (Å²) in [5.41, 5.74) is 1.65. The maximum Gasteiger partial charge on any atom is 0.179 e. The summed E-state index contributed by atoms with van der Waals surface area (Å²) in [6.45, 7) is 4.00. The first-order chi connectivity index (χ1) is 5.86. The van der Waals surface area contributed by atoms with Crippen LogP contribution in [-0.2, 0) is 0 Å². The molecule has 2 rings (SSSR count). The number of imidazole rings is 1. The normalized spacial score (nSPS) is 9.17. The van der Waals surface area contributed by atoms with E-state index >= 15 is 0 Å². The number of H-pyrrole nitrogens is 1. The highest BCUT2D eigenvalue weighted by Crippen LogP contribution is 1.98. The van der Waals surface area contributed by atoms with Gasteiger partial charge in [0.25, 0.3) is 0 Å². The largest absolute Gasteiger partial charge is 0.342 e. The van der Waals surface area contributed by atoms with E-state index in [1.54, 1.807) is 12.5 Å². The number of nitrogens with zero attached hydrogens (tertiary/aromatic N) is 3. The van der Waals surface area contributed by atoms with Crippen LogP contribution in [-0.4, -0.2) is 27.8 Å². The number of fused-ring (bicyclic) bond motifs is 1. The van der Waals surface area contributed by atoms with Crippen molar-refractivity contribution in [2.45, 2.75) is 13.8 Å². The Hall–Kier alpha value is -1.39. The molecule has 0 bridgehead atoms. The molecule has 5 heteroatoms. The summed E-state index contributed by atoms with van der Waals surface area (Å²) in [6, 6.07) is 0. The third kappa shape index (κ3) is 1.61. The topological polar surface area (TPSA) is 54.5 Å². The van der Waals surface area contributed by atoms with Crippen LogP contribution in [0.3, 0.4) is 0 Å². The molecule has 0 saturated carbocycles. The van der Waals surface area contributed by atoms with E-state index in [-0.39, 0.29) is 5.72 Å². The van der Waals surface area contributed by atoms with Crippen molar-refractivity contribution in [1.82, 2.24) is 19.9 Å². The van der Waals surface area contributed by atoms with E-state index in [0.29, 0.717) is 5.65 Å². The van der Waals surface area contributed by atoms with Crippen LogP contribution in [0.1, 0.15) is 13.8 Å². The lowest BCUT2D eigenvalue weighted by Crippen LogP contribution is -2.11. The van der Waals surface area contributed by atoms with E-state index in [9.17, 15) is 0 Å². The highest BCUT2D eigenvalue weighted by molar-refractivity contribution is 6.29. The quantitative estimate of drug-likeness (QED) is 0.559. The molecular weight excluding hydrogens is 151 g/mol. The number of nitrogens with one attached hydrogen (secondary N) is 1.